The Morgan fingerprint density at radius 1 is 1.12 bits per heavy atom. The number of hydrogen-bond acceptors (Lipinski definition) is 7. The molecule has 10 heteroatoms. The van der Waals surface area contributed by atoms with Gasteiger partial charge in [0.1, 0.15) is 11.6 Å². The van der Waals surface area contributed by atoms with Crippen molar-refractivity contribution in [3.63, 3.8) is 0 Å². The highest BCUT2D eigenvalue weighted by Gasteiger charge is 2.34. The lowest BCUT2D eigenvalue weighted by molar-refractivity contribution is -0.116. The fourth-order valence-electron chi connectivity index (χ4n) is 4.25. The number of nitrogens with one attached hydrogen (secondary N) is 1. The smallest absolute Gasteiger partial charge is 0.272 e. The van der Waals surface area contributed by atoms with E-state index in [1.54, 1.807) is 12.1 Å². The summed E-state index contributed by atoms with van der Waals surface area (Å²) < 4.78 is 25.7. The molecule has 2 aliphatic rings. The van der Waals surface area contributed by atoms with E-state index in [2.05, 4.69) is 25.6 Å². The van der Waals surface area contributed by atoms with Crippen LogP contribution in [0.15, 0.2) is 48.7 Å². The summed E-state index contributed by atoms with van der Waals surface area (Å²) in [5.74, 6) is 1.35. The Kier molecular flexibility index (Phi) is 4.32. The molecular formula is C23H17FN6O3. The van der Waals surface area contributed by atoms with Gasteiger partial charge < -0.3 is 14.8 Å². The summed E-state index contributed by atoms with van der Waals surface area (Å²) in [6.45, 7) is 2.06. The van der Waals surface area contributed by atoms with Crippen LogP contribution in [0, 0.1) is 12.7 Å². The van der Waals surface area contributed by atoms with Crippen LogP contribution in [-0.2, 0) is 4.79 Å². The zero-order valence-electron chi connectivity index (χ0n) is 17.4. The molecule has 0 unspecified atom stereocenters. The second-order valence-corrected chi connectivity index (χ2v) is 7.83. The van der Waals surface area contributed by atoms with E-state index < -0.39 is 0 Å². The molecule has 0 saturated heterocycles. The van der Waals surface area contributed by atoms with Crippen LogP contribution in [0.4, 0.5) is 10.2 Å². The molecule has 2 aliphatic heterocycles. The van der Waals surface area contributed by atoms with Gasteiger partial charge in [-0.25, -0.2) is 9.37 Å². The van der Waals surface area contributed by atoms with Gasteiger partial charge in [0.25, 0.3) is 5.95 Å². The zero-order valence-corrected chi connectivity index (χ0v) is 17.4. The molecule has 1 atom stereocenters. The number of benzene rings is 2. The van der Waals surface area contributed by atoms with E-state index in [0.29, 0.717) is 28.6 Å². The van der Waals surface area contributed by atoms with E-state index in [4.69, 9.17) is 9.47 Å². The molecule has 1 N–H and O–H groups in total. The average molecular weight is 444 g/mol. The first-order chi connectivity index (χ1) is 16.1. The van der Waals surface area contributed by atoms with E-state index in [1.165, 1.54) is 23.0 Å². The fourth-order valence-corrected chi connectivity index (χ4v) is 4.25. The third-order valence-corrected chi connectivity index (χ3v) is 5.78. The standard InChI is InChI=1S/C23H17FN6O3/c1-12-21-16(14-4-7-18-19(8-14)33-11-32-18)9-20(31)27-22(21)30(29-12)23-26-17(10-25-28-23)13-2-5-15(24)6-3-13/h2-8,10,16H,9,11H2,1H3,(H,27,31)/t16-/m1/s1. The summed E-state index contributed by atoms with van der Waals surface area (Å²) in [4.78, 5) is 17.2. The predicted molar refractivity (Wildman–Crippen MR) is 115 cm³/mol. The lowest BCUT2D eigenvalue weighted by atomic mass is 9.85. The van der Waals surface area contributed by atoms with Crippen LogP contribution in [-0.4, -0.2) is 37.7 Å². The third-order valence-electron chi connectivity index (χ3n) is 5.78. The largest absolute Gasteiger partial charge is 0.454 e. The minimum Gasteiger partial charge on any atom is -0.454 e. The van der Waals surface area contributed by atoms with Crippen LogP contribution in [0.2, 0.25) is 0 Å². The molecule has 2 aromatic carbocycles. The first kappa shape index (κ1) is 19.4. The van der Waals surface area contributed by atoms with E-state index in [9.17, 15) is 9.18 Å². The first-order valence-electron chi connectivity index (χ1n) is 10.3. The molecule has 2 aromatic heterocycles. The zero-order chi connectivity index (χ0) is 22.5. The SMILES string of the molecule is Cc1nn(-c2nncc(-c3ccc(F)cc3)n2)c2c1[C@@H](c1ccc3c(c1)OCO3)CC(=O)N2. The Labute approximate surface area is 187 Å². The number of carbonyl (C=O) groups is 1. The molecule has 4 heterocycles. The summed E-state index contributed by atoms with van der Waals surface area (Å²) >= 11 is 0. The second kappa shape index (κ2) is 7.37. The number of halogens is 1. The quantitative estimate of drug-likeness (QED) is 0.517. The monoisotopic (exact) mass is 444 g/mol. The topological polar surface area (TPSA) is 104 Å². The van der Waals surface area contributed by atoms with Gasteiger partial charge in [0.15, 0.2) is 11.5 Å². The van der Waals surface area contributed by atoms with Gasteiger partial charge in [-0.3, -0.25) is 4.79 Å². The van der Waals surface area contributed by atoms with Crippen molar-refractivity contribution in [2.24, 2.45) is 0 Å². The molecule has 164 valence electrons. The minimum absolute atomic E-state index is 0.144. The van der Waals surface area contributed by atoms with E-state index in [0.717, 1.165) is 16.8 Å². The van der Waals surface area contributed by atoms with Gasteiger partial charge in [-0.15, -0.1) is 5.10 Å². The van der Waals surface area contributed by atoms with Crippen molar-refractivity contribution in [1.82, 2.24) is 25.0 Å². The summed E-state index contributed by atoms with van der Waals surface area (Å²) in [6, 6.07) is 11.6. The predicted octanol–water partition coefficient (Wildman–Crippen LogP) is 3.37. The summed E-state index contributed by atoms with van der Waals surface area (Å²) in [5.41, 5.74) is 3.74. The summed E-state index contributed by atoms with van der Waals surface area (Å²) in [6.07, 6.45) is 1.77. The Bertz CT molecular complexity index is 1400. The highest BCUT2D eigenvalue weighted by Crippen LogP contribution is 2.43. The van der Waals surface area contributed by atoms with E-state index in [-0.39, 0.29) is 36.8 Å². The lowest BCUT2D eigenvalue weighted by Crippen LogP contribution is -2.25. The van der Waals surface area contributed by atoms with Crippen molar-refractivity contribution < 1.29 is 18.7 Å². The molecule has 0 bridgehead atoms. The first-order valence-corrected chi connectivity index (χ1v) is 10.3. The van der Waals surface area contributed by atoms with Crippen LogP contribution in [0.3, 0.4) is 0 Å². The van der Waals surface area contributed by atoms with Gasteiger partial charge in [-0.1, -0.05) is 6.07 Å². The van der Waals surface area contributed by atoms with Crippen LogP contribution in [0.5, 0.6) is 11.5 Å². The molecule has 0 fully saturated rings. The number of fused-ring (bicyclic) bond motifs is 2. The van der Waals surface area contributed by atoms with Crippen molar-refractivity contribution >= 4 is 11.7 Å². The summed E-state index contributed by atoms with van der Waals surface area (Å²) in [5, 5.41) is 15.7. The average Bonchev–Trinajstić information content (AvgIpc) is 3.43. The van der Waals surface area contributed by atoms with Gasteiger partial charge >= 0.3 is 0 Å². The Morgan fingerprint density at radius 2 is 1.94 bits per heavy atom. The summed E-state index contributed by atoms with van der Waals surface area (Å²) in [7, 11) is 0. The highest BCUT2D eigenvalue weighted by molar-refractivity contribution is 5.95. The van der Waals surface area contributed by atoms with Gasteiger partial charge in [-0.2, -0.15) is 14.9 Å². The maximum atomic E-state index is 13.3. The van der Waals surface area contributed by atoms with Crippen LogP contribution in [0.25, 0.3) is 17.2 Å². The van der Waals surface area contributed by atoms with Crippen LogP contribution < -0.4 is 14.8 Å². The molecule has 1 amide bonds. The molecule has 0 saturated carbocycles. The number of anilines is 1. The number of amides is 1. The van der Waals surface area contributed by atoms with Gasteiger partial charge in [0.05, 0.1) is 17.6 Å². The van der Waals surface area contributed by atoms with Crippen LogP contribution in [0.1, 0.15) is 29.2 Å². The van der Waals surface area contributed by atoms with E-state index in [1.807, 2.05) is 25.1 Å². The maximum absolute atomic E-state index is 13.3. The van der Waals surface area contributed by atoms with E-state index >= 15 is 0 Å². The van der Waals surface area contributed by atoms with Crippen LogP contribution >= 0.6 is 0 Å². The number of aromatic nitrogens is 5. The Morgan fingerprint density at radius 3 is 2.79 bits per heavy atom. The Hall–Kier alpha value is -4.34. The highest BCUT2D eigenvalue weighted by atomic mass is 19.1. The molecule has 33 heavy (non-hydrogen) atoms. The third kappa shape index (κ3) is 3.27. The number of hydrogen-bond donors (Lipinski definition) is 1. The fraction of sp³-hybridized carbons (Fsp3) is 0.174. The van der Waals surface area contributed by atoms with Crippen molar-refractivity contribution in [2.75, 3.05) is 12.1 Å². The van der Waals surface area contributed by atoms with Crippen molar-refractivity contribution in [3.8, 4) is 28.7 Å². The van der Waals surface area contributed by atoms with Gasteiger partial charge in [-0.05, 0) is 48.9 Å². The Balaban J connectivity index is 1.44. The minimum atomic E-state index is -0.338. The molecule has 0 aliphatic carbocycles. The number of carbonyl (C=O) groups excluding carboxylic acids is 1. The second-order valence-electron chi connectivity index (χ2n) is 7.83. The molecule has 6 rings (SSSR count). The molecule has 4 aromatic rings. The number of rotatable bonds is 3. The van der Waals surface area contributed by atoms with Crippen molar-refractivity contribution in [3.05, 3.63) is 71.3 Å². The lowest BCUT2D eigenvalue weighted by Gasteiger charge is -2.24. The molecular weight excluding hydrogens is 427 g/mol. The van der Waals surface area contributed by atoms with Crippen molar-refractivity contribution in [1.29, 1.82) is 0 Å². The number of ether oxygens (including phenoxy) is 2. The van der Waals surface area contributed by atoms with Crippen molar-refractivity contribution in [2.45, 2.75) is 19.3 Å². The maximum Gasteiger partial charge on any atom is 0.272 e. The normalized spacial score (nSPS) is 16.4. The number of aryl methyl sites for hydroxylation is 1. The number of nitrogens with zero attached hydrogens (tertiary/aromatic N) is 5. The molecule has 0 radical (unpaired) electrons. The molecule has 9 nitrogen and oxygen atoms in total. The molecule has 0 spiro atoms. The van der Waals surface area contributed by atoms with Gasteiger partial charge in [0.2, 0.25) is 12.7 Å². The van der Waals surface area contributed by atoms with Gasteiger partial charge in [0, 0.05) is 23.5 Å².